The minimum absolute atomic E-state index is 0.0435. The molecule has 0 heterocycles. The van der Waals surface area contributed by atoms with Gasteiger partial charge in [0.05, 0.1) is 12.0 Å². The summed E-state index contributed by atoms with van der Waals surface area (Å²) in [5, 5.41) is 8.83. The third kappa shape index (κ3) is 4.99. The van der Waals surface area contributed by atoms with Gasteiger partial charge in [-0.25, -0.2) is 4.79 Å². The van der Waals surface area contributed by atoms with Crippen LogP contribution in [0.3, 0.4) is 0 Å². The topological polar surface area (TPSA) is 37.3 Å². The Morgan fingerprint density at radius 2 is 2.06 bits per heavy atom. The lowest BCUT2D eigenvalue weighted by atomic mass is 10.2. The molecule has 0 spiro atoms. The quantitative estimate of drug-likeness (QED) is 0.842. The molecule has 0 aromatic heterocycles. The van der Waals surface area contributed by atoms with Crippen LogP contribution >= 0.6 is 27.7 Å². The molecule has 0 amide bonds. The molecule has 0 bridgehead atoms. The Morgan fingerprint density at radius 3 is 2.59 bits per heavy atom. The molecule has 1 N–H and O–H groups in total. The average Bonchev–Trinajstić information content (AvgIpc) is 2.18. The van der Waals surface area contributed by atoms with Crippen molar-refractivity contribution in [1.29, 1.82) is 0 Å². The Labute approximate surface area is 108 Å². The number of carboxylic acid groups (broad SMARTS) is 1. The smallest absolute Gasteiger partial charge is 0.389 e. The molecule has 0 fully saturated rings. The molecule has 7 heteroatoms. The summed E-state index contributed by atoms with van der Waals surface area (Å²) in [5.74, 6) is -1.24. The Hall–Kier alpha value is -0.690. The minimum atomic E-state index is -4.18. The fourth-order valence-electron chi connectivity index (χ4n) is 1.04. The summed E-state index contributed by atoms with van der Waals surface area (Å²) in [5.41, 5.74) is 0.0435. The zero-order valence-corrected chi connectivity index (χ0v) is 10.8. The Balaban J connectivity index is 2.67. The molecule has 0 unspecified atom stereocenters. The number of thioether (sulfide) groups is 1. The first kappa shape index (κ1) is 14.4. The monoisotopic (exact) mass is 328 g/mol. The minimum Gasteiger partial charge on any atom is -0.478 e. The van der Waals surface area contributed by atoms with Crippen LogP contribution in [0.2, 0.25) is 0 Å². The number of carbonyl (C=O) groups is 1. The fourth-order valence-corrected chi connectivity index (χ4v) is 2.39. The summed E-state index contributed by atoms with van der Waals surface area (Å²) in [6.07, 6.45) is -5.08. The largest absolute Gasteiger partial charge is 0.478 e. The molecule has 1 aromatic carbocycles. The van der Waals surface area contributed by atoms with E-state index in [1.54, 1.807) is 6.07 Å². The second-order valence-electron chi connectivity index (χ2n) is 3.16. The van der Waals surface area contributed by atoms with Crippen LogP contribution in [-0.2, 0) is 0 Å². The first-order chi connectivity index (χ1) is 7.79. The van der Waals surface area contributed by atoms with Gasteiger partial charge in [0.1, 0.15) is 0 Å². The van der Waals surface area contributed by atoms with Crippen molar-refractivity contribution >= 4 is 33.7 Å². The lowest BCUT2D eigenvalue weighted by Gasteiger charge is -2.07. The first-order valence-electron chi connectivity index (χ1n) is 4.52. The number of halogens is 4. The highest BCUT2D eigenvalue weighted by Gasteiger charge is 2.26. The molecule has 17 heavy (non-hydrogen) atoms. The third-order valence-electron chi connectivity index (χ3n) is 1.82. The van der Waals surface area contributed by atoms with Crippen molar-refractivity contribution in [2.45, 2.75) is 17.5 Å². The highest BCUT2D eigenvalue weighted by atomic mass is 79.9. The normalized spacial score (nSPS) is 11.5. The van der Waals surface area contributed by atoms with Gasteiger partial charge < -0.3 is 5.11 Å². The van der Waals surface area contributed by atoms with Crippen molar-refractivity contribution in [3.05, 3.63) is 28.2 Å². The molecule has 94 valence electrons. The molecule has 0 saturated carbocycles. The van der Waals surface area contributed by atoms with E-state index >= 15 is 0 Å². The zero-order chi connectivity index (χ0) is 13.1. The number of hydrogen-bond acceptors (Lipinski definition) is 2. The second-order valence-corrected chi connectivity index (χ2v) is 5.18. The van der Waals surface area contributed by atoms with Crippen LogP contribution in [0.15, 0.2) is 27.6 Å². The van der Waals surface area contributed by atoms with Crippen molar-refractivity contribution in [3.8, 4) is 0 Å². The van der Waals surface area contributed by atoms with Crippen molar-refractivity contribution in [1.82, 2.24) is 0 Å². The SMILES string of the molecule is O=C(O)c1cc(SCCC(F)(F)F)ccc1Br. The van der Waals surface area contributed by atoms with Crippen LogP contribution in [0.1, 0.15) is 16.8 Å². The highest BCUT2D eigenvalue weighted by molar-refractivity contribution is 9.10. The standard InChI is InChI=1S/C10H8BrF3O2S/c11-8-2-1-6(5-7(8)9(15)16)17-4-3-10(12,13)14/h1-2,5H,3-4H2,(H,15,16). The first-order valence-corrected chi connectivity index (χ1v) is 6.30. The van der Waals surface area contributed by atoms with Gasteiger partial charge in [-0.1, -0.05) is 0 Å². The lowest BCUT2D eigenvalue weighted by Crippen LogP contribution is -2.08. The third-order valence-corrected chi connectivity index (χ3v) is 3.51. The number of aromatic carboxylic acids is 1. The van der Waals surface area contributed by atoms with E-state index in [2.05, 4.69) is 15.9 Å². The molecule has 0 aliphatic rings. The molecule has 0 radical (unpaired) electrons. The summed E-state index contributed by atoms with van der Waals surface area (Å²) in [4.78, 5) is 11.3. The second kappa shape index (κ2) is 5.77. The van der Waals surface area contributed by atoms with Gasteiger partial charge in [-0.15, -0.1) is 11.8 Å². The van der Waals surface area contributed by atoms with E-state index in [4.69, 9.17) is 5.11 Å². The van der Waals surface area contributed by atoms with Gasteiger partial charge in [0.15, 0.2) is 0 Å². The lowest BCUT2D eigenvalue weighted by molar-refractivity contribution is -0.129. The van der Waals surface area contributed by atoms with Gasteiger partial charge in [-0.2, -0.15) is 13.2 Å². The van der Waals surface area contributed by atoms with Crippen molar-refractivity contribution in [2.75, 3.05) is 5.75 Å². The molecule has 1 rings (SSSR count). The molecule has 2 nitrogen and oxygen atoms in total. The number of carboxylic acids is 1. The highest BCUT2D eigenvalue weighted by Crippen LogP contribution is 2.28. The summed E-state index contributed by atoms with van der Waals surface area (Å²) in [6.45, 7) is 0. The average molecular weight is 329 g/mol. The molecule has 0 saturated heterocycles. The number of benzene rings is 1. The van der Waals surface area contributed by atoms with Gasteiger partial charge in [0, 0.05) is 15.1 Å². The molecular weight excluding hydrogens is 321 g/mol. The van der Waals surface area contributed by atoms with E-state index in [1.807, 2.05) is 0 Å². The van der Waals surface area contributed by atoms with Gasteiger partial charge in [-0.05, 0) is 34.1 Å². The Morgan fingerprint density at radius 1 is 1.41 bits per heavy atom. The Bertz CT molecular complexity index is 421. The van der Waals surface area contributed by atoms with E-state index in [1.165, 1.54) is 12.1 Å². The van der Waals surface area contributed by atoms with Crippen LogP contribution in [0.5, 0.6) is 0 Å². The number of rotatable bonds is 4. The van der Waals surface area contributed by atoms with Crippen LogP contribution in [-0.4, -0.2) is 23.0 Å². The molecular formula is C10H8BrF3O2S. The van der Waals surface area contributed by atoms with Crippen LogP contribution < -0.4 is 0 Å². The summed E-state index contributed by atoms with van der Waals surface area (Å²) in [7, 11) is 0. The summed E-state index contributed by atoms with van der Waals surface area (Å²) >= 11 is 4.04. The molecule has 0 aliphatic heterocycles. The van der Waals surface area contributed by atoms with Gasteiger partial charge in [0.2, 0.25) is 0 Å². The predicted octanol–water partition coefficient (Wildman–Crippen LogP) is 4.19. The predicted molar refractivity (Wildman–Crippen MR) is 62.5 cm³/mol. The maximum absolute atomic E-state index is 11.9. The van der Waals surface area contributed by atoms with Gasteiger partial charge >= 0.3 is 12.1 Å². The maximum atomic E-state index is 11.9. The fraction of sp³-hybridized carbons (Fsp3) is 0.300. The van der Waals surface area contributed by atoms with E-state index in [0.717, 1.165) is 11.8 Å². The van der Waals surface area contributed by atoms with Crippen LogP contribution in [0.25, 0.3) is 0 Å². The van der Waals surface area contributed by atoms with Crippen LogP contribution in [0, 0.1) is 0 Å². The molecule has 1 aromatic rings. The Kier molecular flexibility index (Phi) is 4.88. The van der Waals surface area contributed by atoms with E-state index in [9.17, 15) is 18.0 Å². The molecule has 0 aliphatic carbocycles. The summed E-state index contributed by atoms with van der Waals surface area (Å²) in [6, 6.07) is 4.45. The van der Waals surface area contributed by atoms with Crippen molar-refractivity contribution in [3.63, 3.8) is 0 Å². The van der Waals surface area contributed by atoms with Crippen molar-refractivity contribution in [2.24, 2.45) is 0 Å². The van der Waals surface area contributed by atoms with E-state index < -0.39 is 18.6 Å². The van der Waals surface area contributed by atoms with Gasteiger partial charge in [0.25, 0.3) is 0 Å². The van der Waals surface area contributed by atoms with E-state index in [0.29, 0.717) is 9.37 Å². The van der Waals surface area contributed by atoms with Gasteiger partial charge in [-0.3, -0.25) is 0 Å². The van der Waals surface area contributed by atoms with Crippen LogP contribution in [0.4, 0.5) is 13.2 Å². The van der Waals surface area contributed by atoms with E-state index in [-0.39, 0.29) is 11.3 Å². The van der Waals surface area contributed by atoms with Crippen molar-refractivity contribution < 1.29 is 23.1 Å². The number of alkyl halides is 3. The molecule has 0 atom stereocenters. The number of hydrogen-bond donors (Lipinski definition) is 1. The maximum Gasteiger partial charge on any atom is 0.389 e. The summed E-state index contributed by atoms with van der Waals surface area (Å²) < 4.78 is 36.2. The zero-order valence-electron chi connectivity index (χ0n) is 8.42.